The van der Waals surface area contributed by atoms with Crippen molar-refractivity contribution >= 4 is 45.3 Å². The lowest BCUT2D eigenvalue weighted by molar-refractivity contribution is -0.143. The highest BCUT2D eigenvalue weighted by Gasteiger charge is 2.41. The number of phenolic OH excluding ortho intramolecular Hbond substituents is 1. The van der Waals surface area contributed by atoms with Crippen LogP contribution in [-0.2, 0) is 25.6 Å². The van der Waals surface area contributed by atoms with Gasteiger partial charge in [-0.15, -0.1) is 0 Å². The first kappa shape index (κ1) is 29.8. The molecule has 0 aliphatic carbocycles. The molecule has 2 aliphatic heterocycles. The summed E-state index contributed by atoms with van der Waals surface area (Å²) < 4.78 is -0.914. The lowest BCUT2D eigenvalue weighted by Crippen LogP contribution is -2.59. The summed E-state index contributed by atoms with van der Waals surface area (Å²) in [5.41, 5.74) is 1.70. The van der Waals surface area contributed by atoms with Crippen molar-refractivity contribution in [3.8, 4) is 5.75 Å². The predicted molar refractivity (Wildman–Crippen MR) is 155 cm³/mol. The van der Waals surface area contributed by atoms with E-state index in [0.717, 1.165) is 11.1 Å². The molecule has 0 spiro atoms. The summed E-state index contributed by atoms with van der Waals surface area (Å²) in [6.07, 6.45) is 0.869. The van der Waals surface area contributed by atoms with Crippen molar-refractivity contribution in [1.29, 1.82) is 0 Å². The SMILES string of the molecule is CC1(C)SSC[C@H](NC(=O)[C@@H]2NCC[C@@H]2c2ccc(O)cc2)C(=O)N[C@@H](Cc2ccccc2)C(=O)N[C@@H]1C(=O)O. The normalized spacial score (nSPS) is 27.1. The maximum absolute atomic E-state index is 13.5. The number of hydrogen-bond donors (Lipinski definition) is 6. The largest absolute Gasteiger partial charge is 0.508 e. The second-order valence-corrected chi connectivity index (χ2v) is 13.5. The minimum atomic E-state index is -1.20. The standard InChI is InChI=1S/C28H34N4O6S2/c1-28(2)23(27(37)38)32-24(34)20(14-16-6-4-3-5-7-16)30-25(35)21(15-39-40-28)31-26(36)22-19(12-13-29-22)17-8-10-18(33)11-9-17/h3-11,19-23,29,33H,12-15H2,1-2H3,(H,30,35)(H,31,36)(H,32,34)(H,37,38)/t19-,20+,21+,22-,23-/m1/s1. The Morgan fingerprint density at radius 1 is 1.02 bits per heavy atom. The van der Waals surface area contributed by atoms with Gasteiger partial charge in [-0.3, -0.25) is 14.4 Å². The van der Waals surface area contributed by atoms with Gasteiger partial charge in [0.25, 0.3) is 0 Å². The van der Waals surface area contributed by atoms with Crippen molar-refractivity contribution in [3.05, 3.63) is 65.7 Å². The van der Waals surface area contributed by atoms with E-state index in [1.165, 1.54) is 21.6 Å². The number of carboxylic acid groups (broad SMARTS) is 1. The van der Waals surface area contributed by atoms with Gasteiger partial charge in [0.05, 0.1) is 10.8 Å². The summed E-state index contributed by atoms with van der Waals surface area (Å²) >= 11 is 0. The summed E-state index contributed by atoms with van der Waals surface area (Å²) in [6, 6.07) is 12.1. The number of carboxylic acids is 1. The van der Waals surface area contributed by atoms with Gasteiger partial charge >= 0.3 is 5.97 Å². The number of hydrogen-bond acceptors (Lipinski definition) is 8. The van der Waals surface area contributed by atoms with Gasteiger partial charge in [-0.2, -0.15) is 0 Å². The number of phenols is 1. The van der Waals surface area contributed by atoms with Crippen molar-refractivity contribution in [1.82, 2.24) is 21.3 Å². The summed E-state index contributed by atoms with van der Waals surface area (Å²) in [7, 11) is 2.51. The van der Waals surface area contributed by atoms with Gasteiger partial charge in [-0.05, 0) is 50.1 Å². The van der Waals surface area contributed by atoms with Crippen molar-refractivity contribution in [2.24, 2.45) is 0 Å². The third kappa shape index (κ3) is 7.29. The zero-order chi connectivity index (χ0) is 28.9. The summed E-state index contributed by atoms with van der Waals surface area (Å²) in [4.78, 5) is 52.4. The zero-order valence-electron chi connectivity index (χ0n) is 22.3. The fraction of sp³-hybridized carbons (Fsp3) is 0.429. The van der Waals surface area contributed by atoms with Crippen LogP contribution in [0.1, 0.15) is 37.3 Å². The molecule has 2 aromatic rings. The Labute approximate surface area is 240 Å². The maximum Gasteiger partial charge on any atom is 0.327 e. The molecule has 6 N–H and O–H groups in total. The molecular weight excluding hydrogens is 552 g/mol. The van der Waals surface area contributed by atoms with Crippen LogP contribution in [0, 0.1) is 0 Å². The molecule has 3 amide bonds. The second-order valence-electron chi connectivity index (χ2n) is 10.5. The topological polar surface area (TPSA) is 157 Å². The van der Waals surface area contributed by atoms with Gasteiger partial charge in [-0.1, -0.05) is 64.1 Å². The van der Waals surface area contributed by atoms with E-state index in [2.05, 4.69) is 21.3 Å². The van der Waals surface area contributed by atoms with Gasteiger partial charge in [0.15, 0.2) is 0 Å². The van der Waals surface area contributed by atoms with E-state index < -0.39 is 46.7 Å². The molecule has 2 heterocycles. The minimum Gasteiger partial charge on any atom is -0.508 e. The third-order valence-corrected chi connectivity index (χ3v) is 10.4. The smallest absolute Gasteiger partial charge is 0.327 e. The molecule has 0 unspecified atom stereocenters. The number of amides is 3. The Bertz CT molecular complexity index is 1230. The van der Waals surface area contributed by atoms with Crippen LogP contribution >= 0.6 is 21.6 Å². The molecule has 40 heavy (non-hydrogen) atoms. The minimum absolute atomic E-state index is 0.139. The van der Waals surface area contributed by atoms with E-state index >= 15 is 0 Å². The Hall–Kier alpha value is -3.22. The molecule has 12 heteroatoms. The number of carbonyl (C=O) groups is 4. The number of aliphatic carboxylic acids is 1. The highest BCUT2D eigenvalue weighted by atomic mass is 33.1. The van der Waals surface area contributed by atoms with Crippen molar-refractivity contribution < 1.29 is 29.4 Å². The molecule has 0 aromatic heterocycles. The molecule has 2 saturated heterocycles. The van der Waals surface area contributed by atoms with E-state index in [9.17, 15) is 29.4 Å². The monoisotopic (exact) mass is 586 g/mol. The van der Waals surface area contributed by atoms with Crippen molar-refractivity contribution in [3.63, 3.8) is 0 Å². The van der Waals surface area contributed by atoms with Crippen LogP contribution in [-0.4, -0.2) is 75.1 Å². The van der Waals surface area contributed by atoms with Crippen molar-refractivity contribution in [2.75, 3.05) is 12.3 Å². The average Bonchev–Trinajstić information content (AvgIpc) is 3.40. The van der Waals surface area contributed by atoms with Crippen LogP contribution in [0.15, 0.2) is 54.6 Å². The Kier molecular flexibility index (Phi) is 9.64. The molecule has 5 atom stereocenters. The molecule has 2 aromatic carbocycles. The van der Waals surface area contributed by atoms with E-state index in [0.29, 0.717) is 13.0 Å². The van der Waals surface area contributed by atoms with Crippen molar-refractivity contribution in [2.45, 2.75) is 61.5 Å². The average molecular weight is 587 g/mol. The van der Waals surface area contributed by atoms with Gasteiger partial charge in [0.1, 0.15) is 23.9 Å². The molecule has 214 valence electrons. The van der Waals surface area contributed by atoms with Gasteiger partial charge < -0.3 is 31.5 Å². The van der Waals surface area contributed by atoms with Gasteiger partial charge in [0, 0.05) is 18.1 Å². The maximum atomic E-state index is 13.5. The number of nitrogens with one attached hydrogen (secondary N) is 4. The van der Waals surface area contributed by atoms with E-state index in [1.54, 1.807) is 38.1 Å². The summed E-state index contributed by atoms with van der Waals surface area (Å²) in [6.45, 7) is 4.07. The molecule has 2 fully saturated rings. The van der Waals surface area contributed by atoms with Crippen LogP contribution in [0.4, 0.5) is 0 Å². The molecule has 0 saturated carbocycles. The highest BCUT2D eigenvalue weighted by Crippen LogP contribution is 2.39. The number of aromatic hydroxyl groups is 1. The van der Waals surface area contributed by atoms with Gasteiger partial charge in [0.2, 0.25) is 17.7 Å². The van der Waals surface area contributed by atoms with Crippen LogP contribution in [0.5, 0.6) is 5.75 Å². The summed E-state index contributed by atoms with van der Waals surface area (Å²) in [5.74, 6) is -2.48. The molecule has 4 rings (SSSR count). The second kappa shape index (κ2) is 13.0. The molecule has 0 radical (unpaired) electrons. The predicted octanol–water partition coefficient (Wildman–Crippen LogP) is 1.79. The number of rotatable bonds is 6. The quantitative estimate of drug-likeness (QED) is 0.278. The first-order chi connectivity index (χ1) is 19.0. The van der Waals surface area contributed by atoms with E-state index in [1.807, 2.05) is 30.3 Å². The van der Waals surface area contributed by atoms with E-state index in [-0.39, 0.29) is 29.7 Å². The summed E-state index contributed by atoms with van der Waals surface area (Å²) in [5, 5.41) is 31.0. The fourth-order valence-corrected chi connectivity index (χ4v) is 7.72. The number of carbonyl (C=O) groups excluding carboxylic acids is 3. The Morgan fingerprint density at radius 3 is 2.40 bits per heavy atom. The molecule has 2 aliphatic rings. The molecule has 10 nitrogen and oxygen atoms in total. The lowest BCUT2D eigenvalue weighted by Gasteiger charge is -2.31. The Balaban J connectivity index is 1.56. The third-order valence-electron chi connectivity index (χ3n) is 7.11. The first-order valence-corrected chi connectivity index (χ1v) is 15.4. The van der Waals surface area contributed by atoms with Crippen LogP contribution in [0.2, 0.25) is 0 Å². The van der Waals surface area contributed by atoms with Gasteiger partial charge in [-0.25, -0.2) is 4.79 Å². The number of benzene rings is 2. The fourth-order valence-electron chi connectivity index (χ4n) is 4.91. The van der Waals surface area contributed by atoms with Crippen LogP contribution < -0.4 is 21.3 Å². The Morgan fingerprint density at radius 2 is 1.73 bits per heavy atom. The highest BCUT2D eigenvalue weighted by molar-refractivity contribution is 8.77. The molecular formula is C28H34N4O6S2. The van der Waals surface area contributed by atoms with Crippen LogP contribution in [0.3, 0.4) is 0 Å². The zero-order valence-corrected chi connectivity index (χ0v) is 23.9. The first-order valence-electron chi connectivity index (χ1n) is 13.1. The lowest BCUT2D eigenvalue weighted by atomic mass is 9.91. The van der Waals surface area contributed by atoms with Crippen LogP contribution in [0.25, 0.3) is 0 Å². The van der Waals surface area contributed by atoms with E-state index in [4.69, 9.17) is 0 Å². The molecule has 0 bridgehead atoms.